The first-order valence-corrected chi connectivity index (χ1v) is 5.62. The second-order valence-corrected chi connectivity index (χ2v) is 4.37. The fourth-order valence-electron chi connectivity index (χ4n) is 1.90. The van der Waals surface area contributed by atoms with E-state index in [1.165, 1.54) is 12.1 Å². The molecule has 4 N–H and O–H groups in total. The molecule has 0 fully saturated rings. The average molecular weight is 266 g/mol. The molecule has 0 bridgehead atoms. The fraction of sp³-hybridized carbons (Fsp3) is 0.143. The molecular weight excluding hydrogens is 253 g/mol. The van der Waals surface area contributed by atoms with E-state index in [1.807, 2.05) is 6.92 Å². The molecule has 0 unspecified atom stereocenters. The molecule has 0 atom stereocenters. The van der Waals surface area contributed by atoms with Crippen LogP contribution in [0.2, 0.25) is 0 Å². The number of nitrogens with two attached hydrogens (primary N) is 2. The number of nitrogen functional groups attached to an aromatic ring is 2. The number of aryl methyl sites for hydroxylation is 1. The van der Waals surface area contributed by atoms with Gasteiger partial charge < -0.3 is 11.5 Å². The Bertz CT molecular complexity index is 601. The summed E-state index contributed by atoms with van der Waals surface area (Å²) in [6.45, 7) is 1.84. The van der Waals surface area contributed by atoms with Gasteiger partial charge in [0.05, 0.1) is 16.9 Å². The Kier molecular flexibility index (Phi) is 3.14. The first kappa shape index (κ1) is 13.3. The molecular formula is C14H13F3N2. The van der Waals surface area contributed by atoms with Crippen molar-refractivity contribution in [1.82, 2.24) is 0 Å². The van der Waals surface area contributed by atoms with Crippen molar-refractivity contribution in [3.05, 3.63) is 47.5 Å². The Morgan fingerprint density at radius 1 is 0.895 bits per heavy atom. The van der Waals surface area contributed by atoms with E-state index in [1.54, 1.807) is 12.1 Å². The van der Waals surface area contributed by atoms with Crippen LogP contribution in [0.15, 0.2) is 36.4 Å². The van der Waals surface area contributed by atoms with Gasteiger partial charge in [-0.15, -0.1) is 0 Å². The molecule has 0 spiro atoms. The highest BCUT2D eigenvalue weighted by atomic mass is 19.4. The smallest absolute Gasteiger partial charge is 0.397 e. The lowest BCUT2D eigenvalue weighted by Gasteiger charge is -2.11. The number of alkyl halides is 3. The minimum Gasteiger partial charge on any atom is -0.397 e. The van der Waals surface area contributed by atoms with Gasteiger partial charge in [-0.25, -0.2) is 0 Å². The number of rotatable bonds is 1. The maximum absolute atomic E-state index is 12.5. The topological polar surface area (TPSA) is 52.0 Å². The highest BCUT2D eigenvalue weighted by Gasteiger charge is 2.30. The lowest BCUT2D eigenvalue weighted by molar-refractivity contribution is -0.137. The molecule has 0 saturated heterocycles. The van der Waals surface area contributed by atoms with E-state index in [9.17, 15) is 13.2 Å². The van der Waals surface area contributed by atoms with E-state index in [-0.39, 0.29) is 0 Å². The zero-order chi connectivity index (χ0) is 14.2. The molecule has 0 aliphatic heterocycles. The first-order chi connectivity index (χ1) is 8.79. The average Bonchev–Trinajstić information content (AvgIpc) is 2.33. The Labute approximate surface area is 108 Å². The Morgan fingerprint density at radius 2 is 1.42 bits per heavy atom. The van der Waals surface area contributed by atoms with Crippen molar-refractivity contribution < 1.29 is 13.2 Å². The van der Waals surface area contributed by atoms with Gasteiger partial charge in [-0.3, -0.25) is 0 Å². The van der Waals surface area contributed by atoms with Gasteiger partial charge in [0.15, 0.2) is 0 Å². The van der Waals surface area contributed by atoms with Gasteiger partial charge in [0.2, 0.25) is 0 Å². The van der Waals surface area contributed by atoms with Crippen molar-refractivity contribution in [2.24, 2.45) is 0 Å². The minimum atomic E-state index is -4.33. The number of halogens is 3. The van der Waals surface area contributed by atoms with Crippen LogP contribution >= 0.6 is 0 Å². The molecule has 2 rings (SSSR count). The van der Waals surface area contributed by atoms with Crippen LogP contribution in [-0.2, 0) is 6.18 Å². The molecule has 2 nitrogen and oxygen atoms in total. The summed E-state index contributed by atoms with van der Waals surface area (Å²) in [6.07, 6.45) is -4.33. The highest BCUT2D eigenvalue weighted by molar-refractivity contribution is 5.77. The second kappa shape index (κ2) is 4.50. The maximum atomic E-state index is 12.5. The third-order valence-electron chi connectivity index (χ3n) is 2.95. The van der Waals surface area contributed by atoms with E-state index >= 15 is 0 Å². The van der Waals surface area contributed by atoms with Crippen LogP contribution in [0.5, 0.6) is 0 Å². The van der Waals surface area contributed by atoms with Crippen LogP contribution in [0.3, 0.4) is 0 Å². The van der Waals surface area contributed by atoms with Crippen LogP contribution in [0.1, 0.15) is 11.1 Å². The number of benzene rings is 2. The van der Waals surface area contributed by atoms with Crippen molar-refractivity contribution in [3.63, 3.8) is 0 Å². The van der Waals surface area contributed by atoms with E-state index in [0.717, 1.165) is 23.3 Å². The molecule has 100 valence electrons. The summed E-state index contributed by atoms with van der Waals surface area (Å²) in [5.74, 6) is 0. The monoisotopic (exact) mass is 266 g/mol. The molecule has 0 saturated carbocycles. The summed E-state index contributed by atoms with van der Waals surface area (Å²) < 4.78 is 37.4. The molecule has 0 aromatic heterocycles. The predicted molar refractivity (Wildman–Crippen MR) is 70.4 cm³/mol. The first-order valence-electron chi connectivity index (χ1n) is 5.62. The molecule has 0 aliphatic rings. The molecule has 0 amide bonds. The predicted octanol–water partition coefficient (Wildman–Crippen LogP) is 3.85. The third kappa shape index (κ3) is 2.65. The van der Waals surface area contributed by atoms with Crippen LogP contribution in [-0.4, -0.2) is 0 Å². The Morgan fingerprint density at radius 3 is 1.95 bits per heavy atom. The zero-order valence-electron chi connectivity index (χ0n) is 10.3. The molecule has 5 heteroatoms. The fourth-order valence-corrected chi connectivity index (χ4v) is 1.90. The summed E-state index contributed by atoms with van der Waals surface area (Å²) in [4.78, 5) is 0. The van der Waals surface area contributed by atoms with Crippen molar-refractivity contribution in [1.29, 1.82) is 0 Å². The lowest BCUT2D eigenvalue weighted by atomic mass is 9.98. The highest BCUT2D eigenvalue weighted by Crippen LogP contribution is 2.33. The Hall–Kier alpha value is -2.17. The second-order valence-electron chi connectivity index (χ2n) is 4.37. The van der Waals surface area contributed by atoms with Crippen LogP contribution in [0, 0.1) is 6.92 Å². The van der Waals surface area contributed by atoms with Crippen LogP contribution in [0.4, 0.5) is 24.5 Å². The normalized spacial score (nSPS) is 11.6. The number of anilines is 2. The summed E-state index contributed by atoms with van der Waals surface area (Å²) in [5, 5.41) is 0. The molecule has 0 heterocycles. The quantitative estimate of drug-likeness (QED) is 0.770. The van der Waals surface area contributed by atoms with Crippen molar-refractivity contribution in [3.8, 4) is 11.1 Å². The lowest BCUT2D eigenvalue weighted by Crippen LogP contribution is -2.04. The van der Waals surface area contributed by atoms with E-state index in [2.05, 4.69) is 0 Å². The van der Waals surface area contributed by atoms with Gasteiger partial charge in [0.25, 0.3) is 0 Å². The standard InChI is InChI=1S/C14H13F3N2/c1-8-6-12(18)13(19)7-11(8)9-2-4-10(5-3-9)14(15,16)17/h2-7H,18-19H2,1H3. The summed E-state index contributed by atoms with van der Waals surface area (Å²) >= 11 is 0. The van der Waals surface area contributed by atoms with Gasteiger partial charge in [0, 0.05) is 0 Å². The van der Waals surface area contributed by atoms with Gasteiger partial charge in [-0.1, -0.05) is 12.1 Å². The SMILES string of the molecule is Cc1cc(N)c(N)cc1-c1ccc(C(F)(F)F)cc1. The van der Waals surface area contributed by atoms with Crippen molar-refractivity contribution >= 4 is 11.4 Å². The van der Waals surface area contributed by atoms with Gasteiger partial charge in [-0.2, -0.15) is 13.2 Å². The maximum Gasteiger partial charge on any atom is 0.416 e. The summed E-state index contributed by atoms with van der Waals surface area (Å²) in [6, 6.07) is 8.36. The van der Waals surface area contributed by atoms with Crippen LogP contribution in [0.25, 0.3) is 11.1 Å². The molecule has 0 radical (unpaired) electrons. The van der Waals surface area contributed by atoms with Crippen LogP contribution < -0.4 is 11.5 Å². The van der Waals surface area contributed by atoms with Gasteiger partial charge in [-0.05, 0) is 47.9 Å². The van der Waals surface area contributed by atoms with E-state index in [0.29, 0.717) is 16.9 Å². The Balaban J connectivity index is 2.46. The van der Waals surface area contributed by atoms with Crippen molar-refractivity contribution in [2.75, 3.05) is 11.5 Å². The summed E-state index contributed by atoms with van der Waals surface area (Å²) in [5.41, 5.74) is 13.9. The summed E-state index contributed by atoms with van der Waals surface area (Å²) in [7, 11) is 0. The third-order valence-corrected chi connectivity index (χ3v) is 2.95. The molecule has 19 heavy (non-hydrogen) atoms. The molecule has 2 aromatic carbocycles. The van der Waals surface area contributed by atoms with E-state index < -0.39 is 11.7 Å². The number of hydrogen-bond acceptors (Lipinski definition) is 2. The van der Waals surface area contributed by atoms with Gasteiger partial charge in [0.1, 0.15) is 0 Å². The molecule has 0 aliphatic carbocycles. The van der Waals surface area contributed by atoms with Crippen molar-refractivity contribution in [2.45, 2.75) is 13.1 Å². The molecule has 2 aromatic rings. The zero-order valence-corrected chi connectivity index (χ0v) is 10.3. The van der Waals surface area contributed by atoms with E-state index in [4.69, 9.17) is 11.5 Å². The number of hydrogen-bond donors (Lipinski definition) is 2. The minimum absolute atomic E-state index is 0.417. The van der Waals surface area contributed by atoms with Gasteiger partial charge >= 0.3 is 6.18 Å². The largest absolute Gasteiger partial charge is 0.416 e.